The predicted molar refractivity (Wildman–Crippen MR) is 92.5 cm³/mol. The van der Waals surface area contributed by atoms with E-state index < -0.39 is 6.10 Å². The maximum Gasteiger partial charge on any atom is 0.163 e. The van der Waals surface area contributed by atoms with Gasteiger partial charge in [0.2, 0.25) is 0 Å². The van der Waals surface area contributed by atoms with E-state index in [2.05, 4.69) is 20.3 Å². The molecular weight excluding hydrogens is 308 g/mol. The Kier molecular flexibility index (Phi) is 4.64. The molecule has 0 aromatic carbocycles. The molecule has 0 aliphatic rings. The molecule has 0 saturated heterocycles. The molecule has 2 N–H and O–H groups in total. The first-order valence-electron chi connectivity index (χ1n) is 7.35. The topological polar surface area (TPSA) is 70.9 Å². The Morgan fingerprint density at radius 1 is 1.26 bits per heavy atom. The van der Waals surface area contributed by atoms with Crippen molar-refractivity contribution in [2.24, 2.45) is 0 Å². The van der Waals surface area contributed by atoms with Gasteiger partial charge in [-0.1, -0.05) is 0 Å². The highest BCUT2D eigenvalue weighted by molar-refractivity contribution is 7.07. The highest BCUT2D eigenvalue weighted by atomic mass is 32.1. The van der Waals surface area contributed by atoms with Gasteiger partial charge in [0.25, 0.3) is 0 Å². The van der Waals surface area contributed by atoms with E-state index >= 15 is 0 Å². The van der Waals surface area contributed by atoms with Crippen LogP contribution in [0.2, 0.25) is 0 Å². The molecule has 5 nitrogen and oxygen atoms in total. The SMILES string of the molecule is Cc1nc(-c2cccnc2)nc(NC[C@H](O)c2ccsc2)c1C. The van der Waals surface area contributed by atoms with Crippen LogP contribution in [0.25, 0.3) is 11.4 Å². The molecule has 0 saturated carbocycles. The molecule has 0 aliphatic carbocycles. The van der Waals surface area contributed by atoms with Crippen molar-refractivity contribution < 1.29 is 5.11 Å². The molecule has 0 bridgehead atoms. The van der Waals surface area contributed by atoms with Crippen molar-refractivity contribution in [1.29, 1.82) is 0 Å². The predicted octanol–water partition coefficient (Wildman–Crippen LogP) is 3.36. The van der Waals surface area contributed by atoms with Crippen LogP contribution in [0.4, 0.5) is 5.82 Å². The van der Waals surface area contributed by atoms with Crippen molar-refractivity contribution in [2.45, 2.75) is 20.0 Å². The summed E-state index contributed by atoms with van der Waals surface area (Å²) in [7, 11) is 0. The van der Waals surface area contributed by atoms with E-state index in [0.29, 0.717) is 12.4 Å². The number of thiophene rings is 1. The fourth-order valence-electron chi connectivity index (χ4n) is 2.20. The van der Waals surface area contributed by atoms with Crippen LogP contribution in [0, 0.1) is 13.8 Å². The van der Waals surface area contributed by atoms with Gasteiger partial charge in [-0.05, 0) is 48.4 Å². The molecule has 0 unspecified atom stereocenters. The minimum absolute atomic E-state index is 0.403. The second-order valence-electron chi connectivity index (χ2n) is 5.30. The van der Waals surface area contributed by atoms with Crippen LogP contribution >= 0.6 is 11.3 Å². The maximum atomic E-state index is 10.2. The average molecular weight is 326 g/mol. The van der Waals surface area contributed by atoms with E-state index in [4.69, 9.17) is 0 Å². The fourth-order valence-corrected chi connectivity index (χ4v) is 2.91. The minimum Gasteiger partial charge on any atom is -0.387 e. The smallest absolute Gasteiger partial charge is 0.163 e. The Hall–Kier alpha value is -2.31. The third-order valence-corrected chi connectivity index (χ3v) is 4.40. The van der Waals surface area contributed by atoms with E-state index in [9.17, 15) is 5.11 Å². The number of aryl methyl sites for hydroxylation is 1. The number of nitrogens with one attached hydrogen (secondary N) is 1. The summed E-state index contributed by atoms with van der Waals surface area (Å²) in [5.74, 6) is 1.37. The number of rotatable bonds is 5. The van der Waals surface area contributed by atoms with Gasteiger partial charge in [-0.15, -0.1) is 0 Å². The molecule has 0 aliphatic heterocycles. The van der Waals surface area contributed by atoms with Gasteiger partial charge in [0, 0.05) is 35.8 Å². The molecule has 3 heterocycles. The lowest BCUT2D eigenvalue weighted by atomic mass is 10.2. The highest BCUT2D eigenvalue weighted by Crippen LogP contribution is 2.22. The third-order valence-electron chi connectivity index (χ3n) is 3.70. The van der Waals surface area contributed by atoms with Gasteiger partial charge in [-0.25, -0.2) is 9.97 Å². The summed E-state index contributed by atoms with van der Waals surface area (Å²) in [6, 6.07) is 5.72. The molecule has 0 amide bonds. The number of nitrogens with zero attached hydrogens (tertiary/aromatic N) is 3. The van der Waals surface area contributed by atoms with Crippen LogP contribution in [0.1, 0.15) is 22.9 Å². The molecule has 3 aromatic rings. The Bertz CT molecular complexity index is 775. The van der Waals surface area contributed by atoms with E-state index in [1.807, 2.05) is 42.8 Å². The van der Waals surface area contributed by atoms with Crippen molar-refractivity contribution in [2.75, 3.05) is 11.9 Å². The summed E-state index contributed by atoms with van der Waals surface area (Å²) >= 11 is 1.57. The van der Waals surface area contributed by atoms with Crippen molar-refractivity contribution >= 4 is 17.2 Å². The summed E-state index contributed by atoms with van der Waals surface area (Å²) in [5.41, 5.74) is 3.68. The highest BCUT2D eigenvalue weighted by Gasteiger charge is 2.12. The lowest BCUT2D eigenvalue weighted by Crippen LogP contribution is -2.14. The van der Waals surface area contributed by atoms with Crippen LogP contribution in [0.15, 0.2) is 41.4 Å². The largest absolute Gasteiger partial charge is 0.387 e. The lowest BCUT2D eigenvalue weighted by Gasteiger charge is -2.15. The monoisotopic (exact) mass is 326 g/mol. The van der Waals surface area contributed by atoms with Gasteiger partial charge in [-0.2, -0.15) is 11.3 Å². The number of anilines is 1. The van der Waals surface area contributed by atoms with Crippen LogP contribution in [-0.4, -0.2) is 26.6 Å². The van der Waals surface area contributed by atoms with Crippen molar-refractivity contribution in [1.82, 2.24) is 15.0 Å². The maximum absolute atomic E-state index is 10.2. The molecule has 1 atom stereocenters. The summed E-state index contributed by atoms with van der Waals surface area (Å²) in [6.45, 7) is 4.33. The molecule has 6 heteroatoms. The molecule has 3 aromatic heterocycles. The molecule has 0 fully saturated rings. The number of pyridine rings is 1. The first-order chi connectivity index (χ1) is 11.1. The van der Waals surface area contributed by atoms with Crippen molar-refractivity contribution in [3.8, 4) is 11.4 Å². The second kappa shape index (κ2) is 6.85. The van der Waals surface area contributed by atoms with E-state index in [1.54, 1.807) is 23.7 Å². The summed E-state index contributed by atoms with van der Waals surface area (Å²) in [4.78, 5) is 13.2. The van der Waals surface area contributed by atoms with Crippen LogP contribution < -0.4 is 5.32 Å². The number of aliphatic hydroxyl groups excluding tert-OH is 1. The first-order valence-corrected chi connectivity index (χ1v) is 8.29. The van der Waals surface area contributed by atoms with E-state index in [0.717, 1.165) is 28.2 Å². The fraction of sp³-hybridized carbons (Fsp3) is 0.235. The molecule has 0 spiro atoms. The molecule has 118 valence electrons. The van der Waals surface area contributed by atoms with Gasteiger partial charge in [0.1, 0.15) is 5.82 Å². The van der Waals surface area contributed by atoms with Gasteiger partial charge in [-0.3, -0.25) is 4.98 Å². The Morgan fingerprint density at radius 2 is 2.13 bits per heavy atom. The standard InChI is InChI=1S/C17H18N4OS/c1-11-12(2)20-17(13-4-3-6-18-8-13)21-16(11)19-9-15(22)14-5-7-23-10-14/h3-8,10,15,22H,9H2,1-2H3,(H,19,20,21)/t15-/m0/s1. The van der Waals surface area contributed by atoms with Gasteiger partial charge >= 0.3 is 0 Å². The Morgan fingerprint density at radius 3 is 2.83 bits per heavy atom. The van der Waals surface area contributed by atoms with E-state index in [1.165, 1.54) is 0 Å². The summed E-state index contributed by atoms with van der Waals surface area (Å²) in [5, 5.41) is 17.4. The number of aliphatic hydroxyl groups is 1. The van der Waals surface area contributed by atoms with Crippen molar-refractivity contribution in [3.63, 3.8) is 0 Å². The van der Waals surface area contributed by atoms with Gasteiger partial charge in [0.05, 0.1) is 6.10 Å². The first kappa shape index (κ1) is 15.6. The molecule has 3 rings (SSSR count). The summed E-state index contributed by atoms with van der Waals surface area (Å²) in [6.07, 6.45) is 2.91. The zero-order chi connectivity index (χ0) is 16.2. The van der Waals surface area contributed by atoms with Gasteiger partial charge in [0.15, 0.2) is 5.82 Å². The number of aromatic nitrogens is 3. The number of hydrogen-bond acceptors (Lipinski definition) is 6. The van der Waals surface area contributed by atoms with E-state index in [-0.39, 0.29) is 0 Å². The quantitative estimate of drug-likeness (QED) is 0.752. The summed E-state index contributed by atoms with van der Waals surface area (Å²) < 4.78 is 0. The van der Waals surface area contributed by atoms with Crippen molar-refractivity contribution in [3.05, 3.63) is 58.2 Å². The zero-order valence-corrected chi connectivity index (χ0v) is 13.8. The normalized spacial score (nSPS) is 12.1. The number of hydrogen-bond donors (Lipinski definition) is 2. The third kappa shape index (κ3) is 3.55. The van der Waals surface area contributed by atoms with Crippen LogP contribution in [0.3, 0.4) is 0 Å². The lowest BCUT2D eigenvalue weighted by molar-refractivity contribution is 0.192. The zero-order valence-electron chi connectivity index (χ0n) is 13.0. The van der Waals surface area contributed by atoms with Crippen LogP contribution in [-0.2, 0) is 0 Å². The second-order valence-corrected chi connectivity index (χ2v) is 6.08. The van der Waals surface area contributed by atoms with Crippen LogP contribution in [0.5, 0.6) is 0 Å². The molecule has 0 radical (unpaired) electrons. The average Bonchev–Trinajstić information content (AvgIpc) is 3.11. The Labute approximate surface area is 139 Å². The Balaban J connectivity index is 1.82. The minimum atomic E-state index is -0.558. The molecular formula is C17H18N4OS. The van der Waals surface area contributed by atoms with Gasteiger partial charge < -0.3 is 10.4 Å². The molecule has 23 heavy (non-hydrogen) atoms.